The molecule has 17 heavy (non-hydrogen) atoms. The Hall–Kier alpha value is -0.640. The van der Waals surface area contributed by atoms with E-state index < -0.39 is 0 Å². The lowest BCUT2D eigenvalue weighted by molar-refractivity contribution is 0.305. The molecular formula is C13H18ClFN2. The average Bonchev–Trinajstić information content (AvgIpc) is 2.81. The Kier molecular flexibility index (Phi) is 4.02. The average molecular weight is 257 g/mol. The fourth-order valence-electron chi connectivity index (χ4n) is 2.93. The van der Waals surface area contributed by atoms with E-state index in [9.17, 15) is 4.39 Å². The SMILES string of the molecule is Cl.Fc1ccc(CN2C[C@H]3CNC[C@H]3C2)cc1. The highest BCUT2D eigenvalue weighted by atomic mass is 35.5. The van der Waals surface area contributed by atoms with Crippen molar-refractivity contribution in [3.8, 4) is 0 Å². The lowest BCUT2D eigenvalue weighted by atomic mass is 10.0. The Bertz CT molecular complexity index is 356. The summed E-state index contributed by atoms with van der Waals surface area (Å²) >= 11 is 0. The van der Waals surface area contributed by atoms with Crippen molar-refractivity contribution in [2.75, 3.05) is 26.2 Å². The predicted octanol–water partition coefficient (Wildman–Crippen LogP) is 1.90. The third kappa shape index (κ3) is 2.79. The molecule has 0 bridgehead atoms. The van der Waals surface area contributed by atoms with Gasteiger partial charge in [0.05, 0.1) is 0 Å². The highest BCUT2D eigenvalue weighted by Gasteiger charge is 2.35. The summed E-state index contributed by atoms with van der Waals surface area (Å²) < 4.78 is 12.8. The molecule has 2 fully saturated rings. The fraction of sp³-hybridized carbons (Fsp3) is 0.538. The number of nitrogens with zero attached hydrogens (tertiary/aromatic N) is 1. The number of hydrogen-bond donors (Lipinski definition) is 1. The lowest BCUT2D eigenvalue weighted by Gasteiger charge is -2.16. The van der Waals surface area contributed by atoms with Gasteiger partial charge in [0, 0.05) is 19.6 Å². The first-order valence-electron chi connectivity index (χ1n) is 5.99. The van der Waals surface area contributed by atoms with Crippen molar-refractivity contribution in [1.29, 1.82) is 0 Å². The minimum absolute atomic E-state index is 0. The maximum atomic E-state index is 12.8. The molecule has 2 saturated heterocycles. The van der Waals surface area contributed by atoms with Gasteiger partial charge in [-0.3, -0.25) is 4.90 Å². The Labute approximate surface area is 108 Å². The van der Waals surface area contributed by atoms with E-state index in [1.807, 2.05) is 12.1 Å². The van der Waals surface area contributed by atoms with Crippen molar-refractivity contribution in [2.45, 2.75) is 6.54 Å². The molecule has 1 N–H and O–H groups in total. The molecule has 2 nitrogen and oxygen atoms in total. The summed E-state index contributed by atoms with van der Waals surface area (Å²) in [5, 5.41) is 3.44. The molecular weight excluding hydrogens is 239 g/mol. The number of likely N-dealkylation sites (tertiary alicyclic amines) is 1. The van der Waals surface area contributed by atoms with E-state index in [1.165, 1.54) is 31.7 Å². The molecule has 1 aromatic rings. The fourth-order valence-corrected chi connectivity index (χ4v) is 2.93. The molecule has 2 aliphatic heterocycles. The third-order valence-corrected chi connectivity index (χ3v) is 3.78. The van der Waals surface area contributed by atoms with Crippen LogP contribution in [0.15, 0.2) is 24.3 Å². The van der Waals surface area contributed by atoms with Crippen LogP contribution in [0.2, 0.25) is 0 Å². The van der Waals surface area contributed by atoms with Crippen molar-refractivity contribution < 1.29 is 4.39 Å². The summed E-state index contributed by atoms with van der Waals surface area (Å²) in [6.45, 7) is 5.69. The van der Waals surface area contributed by atoms with Crippen LogP contribution in [0.4, 0.5) is 4.39 Å². The van der Waals surface area contributed by atoms with Gasteiger partial charge in [0.15, 0.2) is 0 Å². The van der Waals surface area contributed by atoms with Crippen LogP contribution in [-0.2, 0) is 6.54 Å². The van der Waals surface area contributed by atoms with Crippen LogP contribution in [-0.4, -0.2) is 31.1 Å². The van der Waals surface area contributed by atoms with Crippen LogP contribution >= 0.6 is 12.4 Å². The lowest BCUT2D eigenvalue weighted by Crippen LogP contribution is -2.25. The Morgan fingerprint density at radius 1 is 1.12 bits per heavy atom. The topological polar surface area (TPSA) is 15.3 Å². The quantitative estimate of drug-likeness (QED) is 0.870. The maximum absolute atomic E-state index is 12.8. The van der Waals surface area contributed by atoms with Gasteiger partial charge in [-0.05, 0) is 42.6 Å². The minimum atomic E-state index is -0.147. The molecule has 0 unspecified atom stereocenters. The first kappa shape index (κ1) is 12.8. The van der Waals surface area contributed by atoms with E-state index in [0.29, 0.717) is 0 Å². The molecule has 4 heteroatoms. The summed E-state index contributed by atoms with van der Waals surface area (Å²) in [5.41, 5.74) is 1.22. The summed E-state index contributed by atoms with van der Waals surface area (Å²) in [6.07, 6.45) is 0. The molecule has 94 valence electrons. The molecule has 1 aromatic carbocycles. The maximum Gasteiger partial charge on any atom is 0.123 e. The highest BCUT2D eigenvalue weighted by molar-refractivity contribution is 5.85. The summed E-state index contributed by atoms with van der Waals surface area (Å²) in [7, 11) is 0. The van der Waals surface area contributed by atoms with Gasteiger partial charge in [-0.2, -0.15) is 0 Å². The smallest absolute Gasteiger partial charge is 0.123 e. The molecule has 2 aliphatic rings. The van der Waals surface area contributed by atoms with E-state index in [0.717, 1.165) is 18.4 Å². The van der Waals surface area contributed by atoms with E-state index in [4.69, 9.17) is 0 Å². The zero-order chi connectivity index (χ0) is 11.0. The van der Waals surface area contributed by atoms with Crippen LogP contribution in [0.5, 0.6) is 0 Å². The first-order chi connectivity index (χ1) is 7.81. The number of benzene rings is 1. The van der Waals surface area contributed by atoms with Crippen LogP contribution in [0.1, 0.15) is 5.56 Å². The largest absolute Gasteiger partial charge is 0.316 e. The molecule has 2 atom stereocenters. The molecule has 0 radical (unpaired) electrons. The van der Waals surface area contributed by atoms with Crippen molar-refractivity contribution in [2.24, 2.45) is 11.8 Å². The standard InChI is InChI=1S/C13H17FN2.ClH/c14-13-3-1-10(2-4-13)7-16-8-11-5-15-6-12(11)9-16;/h1-4,11-12,15H,5-9H2;1H/t11-,12+;. The molecule has 2 heterocycles. The van der Waals surface area contributed by atoms with Gasteiger partial charge in [0.25, 0.3) is 0 Å². The van der Waals surface area contributed by atoms with Gasteiger partial charge in [0.2, 0.25) is 0 Å². The summed E-state index contributed by atoms with van der Waals surface area (Å²) in [6, 6.07) is 6.88. The highest BCUT2D eigenvalue weighted by Crippen LogP contribution is 2.27. The van der Waals surface area contributed by atoms with Gasteiger partial charge in [-0.1, -0.05) is 12.1 Å². The van der Waals surface area contributed by atoms with E-state index in [1.54, 1.807) is 12.1 Å². The zero-order valence-electron chi connectivity index (χ0n) is 9.73. The van der Waals surface area contributed by atoms with Crippen LogP contribution in [0, 0.1) is 17.7 Å². The normalized spacial score (nSPS) is 27.8. The molecule has 0 saturated carbocycles. The molecule has 0 aromatic heterocycles. The van der Waals surface area contributed by atoms with E-state index >= 15 is 0 Å². The van der Waals surface area contributed by atoms with Crippen molar-refractivity contribution in [1.82, 2.24) is 10.2 Å². The summed E-state index contributed by atoms with van der Waals surface area (Å²) in [4.78, 5) is 2.49. The number of hydrogen-bond acceptors (Lipinski definition) is 2. The molecule has 0 spiro atoms. The second-order valence-electron chi connectivity index (χ2n) is 5.00. The van der Waals surface area contributed by atoms with Crippen molar-refractivity contribution >= 4 is 12.4 Å². The van der Waals surface area contributed by atoms with E-state index in [-0.39, 0.29) is 18.2 Å². The van der Waals surface area contributed by atoms with Crippen molar-refractivity contribution in [3.63, 3.8) is 0 Å². The van der Waals surface area contributed by atoms with E-state index in [2.05, 4.69) is 10.2 Å². The Morgan fingerprint density at radius 2 is 1.71 bits per heavy atom. The number of rotatable bonds is 2. The van der Waals surface area contributed by atoms with Gasteiger partial charge in [-0.25, -0.2) is 4.39 Å². The second kappa shape index (κ2) is 5.34. The van der Waals surface area contributed by atoms with Crippen molar-refractivity contribution in [3.05, 3.63) is 35.6 Å². The summed E-state index contributed by atoms with van der Waals surface area (Å²) in [5.74, 6) is 1.52. The number of nitrogens with one attached hydrogen (secondary N) is 1. The van der Waals surface area contributed by atoms with Crippen LogP contribution in [0.3, 0.4) is 0 Å². The molecule has 3 rings (SSSR count). The Balaban J connectivity index is 0.00000108. The monoisotopic (exact) mass is 256 g/mol. The number of halogens is 2. The molecule has 0 amide bonds. The zero-order valence-corrected chi connectivity index (χ0v) is 10.5. The molecule has 0 aliphatic carbocycles. The van der Waals surface area contributed by atoms with Gasteiger partial charge in [0.1, 0.15) is 5.82 Å². The van der Waals surface area contributed by atoms with Crippen LogP contribution in [0.25, 0.3) is 0 Å². The second-order valence-corrected chi connectivity index (χ2v) is 5.00. The van der Waals surface area contributed by atoms with Gasteiger partial charge in [-0.15, -0.1) is 12.4 Å². The minimum Gasteiger partial charge on any atom is -0.316 e. The Morgan fingerprint density at radius 3 is 2.29 bits per heavy atom. The van der Waals surface area contributed by atoms with Gasteiger partial charge >= 0.3 is 0 Å². The number of fused-ring (bicyclic) bond motifs is 1. The van der Waals surface area contributed by atoms with Crippen LogP contribution < -0.4 is 5.32 Å². The third-order valence-electron chi connectivity index (χ3n) is 3.78. The predicted molar refractivity (Wildman–Crippen MR) is 68.8 cm³/mol. The van der Waals surface area contributed by atoms with Gasteiger partial charge < -0.3 is 5.32 Å². The first-order valence-corrected chi connectivity index (χ1v) is 5.99.